The maximum atomic E-state index is 6.20. The number of halogens is 1. The Balaban J connectivity index is 2.07. The van der Waals surface area contributed by atoms with Gasteiger partial charge in [-0.2, -0.15) is 15.1 Å². The van der Waals surface area contributed by atoms with Crippen molar-refractivity contribution in [3.8, 4) is 5.75 Å². The number of nitrogens with one attached hydrogen (secondary N) is 3. The van der Waals surface area contributed by atoms with Gasteiger partial charge >= 0.3 is 0 Å². The van der Waals surface area contributed by atoms with Crippen LogP contribution in [0.25, 0.3) is 11.0 Å². The quantitative estimate of drug-likeness (QED) is 0.687. The topological polar surface area (TPSA) is 87.8 Å². The maximum Gasteiger partial charge on any atom is 0.226 e. The summed E-state index contributed by atoms with van der Waals surface area (Å²) in [4.78, 5) is 8.66. The van der Waals surface area contributed by atoms with Gasteiger partial charge in [0.15, 0.2) is 5.65 Å². The van der Waals surface area contributed by atoms with E-state index in [-0.39, 0.29) is 0 Å². The van der Waals surface area contributed by atoms with E-state index in [0.717, 1.165) is 5.39 Å². The molecule has 8 heteroatoms. The molecule has 108 valence electrons. The molecule has 3 rings (SSSR count). The Morgan fingerprint density at radius 3 is 2.90 bits per heavy atom. The first-order valence-electron chi connectivity index (χ1n) is 6.20. The molecule has 0 saturated heterocycles. The van der Waals surface area contributed by atoms with Gasteiger partial charge in [0.05, 0.1) is 29.4 Å². The van der Waals surface area contributed by atoms with Gasteiger partial charge in [-0.3, -0.25) is 5.10 Å². The highest BCUT2D eigenvalue weighted by atomic mass is 35.5. The monoisotopic (exact) mass is 304 g/mol. The van der Waals surface area contributed by atoms with Gasteiger partial charge in [-0.15, -0.1) is 0 Å². The molecule has 0 aliphatic heterocycles. The van der Waals surface area contributed by atoms with Gasteiger partial charge in [0, 0.05) is 13.1 Å². The molecule has 0 aliphatic carbocycles. The molecule has 1 aromatic carbocycles. The lowest BCUT2D eigenvalue weighted by Crippen LogP contribution is -2.02. The predicted octanol–water partition coefficient (Wildman–Crippen LogP) is 2.80. The predicted molar refractivity (Wildman–Crippen MR) is 82.5 cm³/mol. The number of rotatable bonds is 4. The number of H-pyrrole nitrogens is 1. The molecule has 0 fully saturated rings. The van der Waals surface area contributed by atoms with Gasteiger partial charge in [-0.05, 0) is 12.1 Å². The van der Waals surface area contributed by atoms with Crippen LogP contribution in [0.1, 0.15) is 0 Å². The van der Waals surface area contributed by atoms with Gasteiger partial charge in [0.25, 0.3) is 0 Å². The van der Waals surface area contributed by atoms with Crippen molar-refractivity contribution in [2.24, 2.45) is 0 Å². The number of aromatic nitrogens is 4. The summed E-state index contributed by atoms with van der Waals surface area (Å²) in [5, 5.41) is 14.2. The number of hydrogen-bond donors (Lipinski definition) is 3. The summed E-state index contributed by atoms with van der Waals surface area (Å²) in [5.74, 6) is 1.79. The van der Waals surface area contributed by atoms with Crippen molar-refractivity contribution >= 4 is 40.1 Å². The third-order valence-electron chi connectivity index (χ3n) is 2.96. The fourth-order valence-corrected chi connectivity index (χ4v) is 2.06. The van der Waals surface area contributed by atoms with E-state index < -0.39 is 0 Å². The average Bonchev–Trinajstić information content (AvgIpc) is 2.98. The minimum Gasteiger partial charge on any atom is -0.497 e. The summed E-state index contributed by atoms with van der Waals surface area (Å²) in [6, 6.07) is 5.35. The molecule has 2 heterocycles. The van der Waals surface area contributed by atoms with E-state index in [2.05, 4.69) is 30.8 Å². The molecular weight excluding hydrogens is 292 g/mol. The molecule has 0 atom stereocenters. The minimum atomic E-state index is 0.480. The molecule has 0 radical (unpaired) electrons. The normalized spacial score (nSPS) is 10.6. The Hall–Kier alpha value is -2.54. The van der Waals surface area contributed by atoms with Crippen molar-refractivity contribution in [3.63, 3.8) is 0 Å². The zero-order chi connectivity index (χ0) is 14.8. The van der Waals surface area contributed by atoms with E-state index >= 15 is 0 Å². The molecular formula is C13H13ClN6O. The van der Waals surface area contributed by atoms with Gasteiger partial charge in [0.2, 0.25) is 5.95 Å². The Morgan fingerprint density at radius 2 is 2.14 bits per heavy atom. The fraction of sp³-hybridized carbons (Fsp3) is 0.154. The van der Waals surface area contributed by atoms with Crippen LogP contribution < -0.4 is 15.4 Å². The molecule has 7 nitrogen and oxygen atoms in total. The van der Waals surface area contributed by atoms with Crippen molar-refractivity contribution in [3.05, 3.63) is 29.4 Å². The zero-order valence-corrected chi connectivity index (χ0v) is 12.2. The minimum absolute atomic E-state index is 0.480. The molecule has 0 aliphatic rings. The van der Waals surface area contributed by atoms with E-state index in [1.807, 2.05) is 0 Å². The van der Waals surface area contributed by atoms with Gasteiger partial charge in [0.1, 0.15) is 11.6 Å². The molecule has 3 N–H and O–H groups in total. The first kappa shape index (κ1) is 13.4. The summed E-state index contributed by atoms with van der Waals surface area (Å²) in [7, 11) is 3.35. The van der Waals surface area contributed by atoms with Crippen molar-refractivity contribution in [2.45, 2.75) is 0 Å². The molecule has 0 unspecified atom stereocenters. The summed E-state index contributed by atoms with van der Waals surface area (Å²) < 4.78 is 5.20. The standard InChI is InChI=1S/C13H13ClN6O/c1-15-13-18-11(8-6-16-20-12(8)19-13)17-10-5-7(21-2)3-4-9(10)14/h3-6H,1-2H3,(H3,15,16,17,18,19,20). The summed E-state index contributed by atoms with van der Waals surface area (Å²) in [6.45, 7) is 0. The van der Waals surface area contributed by atoms with Crippen LogP contribution in [0.15, 0.2) is 24.4 Å². The number of benzene rings is 1. The second-order valence-electron chi connectivity index (χ2n) is 4.25. The van der Waals surface area contributed by atoms with Gasteiger partial charge in [-0.1, -0.05) is 11.6 Å². The third kappa shape index (κ3) is 2.55. The smallest absolute Gasteiger partial charge is 0.226 e. The Labute approximate surface area is 125 Å². The third-order valence-corrected chi connectivity index (χ3v) is 3.29. The van der Waals surface area contributed by atoms with Crippen LogP contribution in [0, 0.1) is 0 Å². The molecule has 3 aromatic rings. The zero-order valence-electron chi connectivity index (χ0n) is 11.4. The van der Waals surface area contributed by atoms with Crippen molar-refractivity contribution in [1.82, 2.24) is 20.2 Å². The van der Waals surface area contributed by atoms with E-state index in [9.17, 15) is 0 Å². The highest BCUT2D eigenvalue weighted by Crippen LogP contribution is 2.31. The summed E-state index contributed by atoms with van der Waals surface area (Å²) in [6.07, 6.45) is 1.66. The number of anilines is 3. The maximum absolute atomic E-state index is 6.20. The van der Waals surface area contributed by atoms with Crippen LogP contribution >= 0.6 is 11.6 Å². The Kier molecular flexibility index (Phi) is 3.49. The number of hydrogen-bond acceptors (Lipinski definition) is 6. The summed E-state index contributed by atoms with van der Waals surface area (Å²) in [5.41, 5.74) is 1.33. The molecule has 0 saturated carbocycles. The number of aromatic amines is 1. The second kappa shape index (κ2) is 5.45. The number of nitrogens with zero attached hydrogens (tertiary/aromatic N) is 3. The lowest BCUT2D eigenvalue weighted by atomic mass is 10.3. The first-order valence-corrected chi connectivity index (χ1v) is 6.58. The fourth-order valence-electron chi connectivity index (χ4n) is 1.90. The highest BCUT2D eigenvalue weighted by Gasteiger charge is 2.11. The summed E-state index contributed by atoms with van der Waals surface area (Å²) >= 11 is 6.20. The molecule has 0 spiro atoms. The van der Waals surface area contributed by atoms with Crippen molar-refractivity contribution in [1.29, 1.82) is 0 Å². The van der Waals surface area contributed by atoms with E-state index in [1.54, 1.807) is 38.6 Å². The molecule has 2 aromatic heterocycles. The number of fused-ring (bicyclic) bond motifs is 1. The highest BCUT2D eigenvalue weighted by molar-refractivity contribution is 6.33. The SMILES string of the molecule is CNc1nc(Nc2cc(OC)ccc2Cl)c2cn[nH]c2n1. The Bertz CT molecular complexity index is 787. The number of ether oxygens (including phenoxy) is 1. The molecule has 0 bridgehead atoms. The van der Waals surface area contributed by atoms with Crippen LogP contribution in [0.3, 0.4) is 0 Å². The van der Waals surface area contributed by atoms with Gasteiger partial charge < -0.3 is 15.4 Å². The molecule has 0 amide bonds. The van der Waals surface area contributed by atoms with Crippen LogP contribution in [0.5, 0.6) is 5.75 Å². The van der Waals surface area contributed by atoms with Crippen LogP contribution in [0.4, 0.5) is 17.5 Å². The Morgan fingerprint density at radius 1 is 1.29 bits per heavy atom. The van der Waals surface area contributed by atoms with Crippen LogP contribution in [0.2, 0.25) is 5.02 Å². The number of methoxy groups -OCH3 is 1. The van der Waals surface area contributed by atoms with E-state index in [1.165, 1.54) is 0 Å². The molecule has 21 heavy (non-hydrogen) atoms. The average molecular weight is 305 g/mol. The first-order chi connectivity index (χ1) is 10.2. The van der Waals surface area contributed by atoms with Crippen LogP contribution in [-0.2, 0) is 0 Å². The van der Waals surface area contributed by atoms with Crippen LogP contribution in [-0.4, -0.2) is 34.3 Å². The second-order valence-corrected chi connectivity index (χ2v) is 4.66. The lowest BCUT2D eigenvalue weighted by molar-refractivity contribution is 0.415. The largest absolute Gasteiger partial charge is 0.497 e. The van der Waals surface area contributed by atoms with Gasteiger partial charge in [-0.25, -0.2) is 0 Å². The van der Waals surface area contributed by atoms with Crippen molar-refractivity contribution in [2.75, 3.05) is 24.8 Å². The lowest BCUT2D eigenvalue weighted by Gasteiger charge is -2.11. The van der Waals surface area contributed by atoms with E-state index in [0.29, 0.717) is 33.9 Å². The van der Waals surface area contributed by atoms with Crippen molar-refractivity contribution < 1.29 is 4.74 Å². The van der Waals surface area contributed by atoms with E-state index in [4.69, 9.17) is 16.3 Å².